The summed E-state index contributed by atoms with van der Waals surface area (Å²) in [6.07, 6.45) is 0. The molecule has 0 radical (unpaired) electrons. The van der Waals surface area contributed by atoms with Crippen molar-refractivity contribution in [2.45, 2.75) is 6.54 Å². The number of imidazole rings is 1. The Hall–Kier alpha value is -0.840. The second-order valence-corrected chi connectivity index (χ2v) is 4.25. The summed E-state index contributed by atoms with van der Waals surface area (Å²) < 4.78 is 0.759. The summed E-state index contributed by atoms with van der Waals surface area (Å²) in [6.45, 7) is 0.432. The first-order chi connectivity index (χ1) is 7.20. The van der Waals surface area contributed by atoms with E-state index in [1.807, 2.05) is 24.3 Å². The van der Waals surface area contributed by atoms with E-state index in [-0.39, 0.29) is 0 Å². The van der Waals surface area contributed by atoms with Crippen LogP contribution in [0.25, 0.3) is 11.4 Å². The maximum absolute atomic E-state index is 5.80. The highest BCUT2D eigenvalue weighted by atomic mass is 79.9. The topological polar surface area (TPSA) is 54.7 Å². The molecule has 0 bridgehead atoms. The SMILES string of the molecule is NCc1[nH]c(-c2ccc(Cl)cc2)nc1Br. The number of rotatable bonds is 2. The Labute approximate surface area is 101 Å². The molecule has 3 N–H and O–H groups in total. The lowest BCUT2D eigenvalue weighted by Crippen LogP contribution is -1.96. The fourth-order valence-corrected chi connectivity index (χ4v) is 1.83. The van der Waals surface area contributed by atoms with E-state index in [0.29, 0.717) is 11.6 Å². The van der Waals surface area contributed by atoms with E-state index >= 15 is 0 Å². The number of nitrogens with two attached hydrogens (primary N) is 1. The number of aromatic amines is 1. The van der Waals surface area contributed by atoms with Gasteiger partial charge in [-0.05, 0) is 40.2 Å². The molecule has 0 saturated carbocycles. The van der Waals surface area contributed by atoms with E-state index in [1.54, 1.807) is 0 Å². The number of nitrogens with zero attached hydrogens (tertiary/aromatic N) is 1. The molecule has 0 atom stereocenters. The number of H-pyrrole nitrogens is 1. The van der Waals surface area contributed by atoms with Crippen LogP contribution in [0.3, 0.4) is 0 Å². The lowest BCUT2D eigenvalue weighted by molar-refractivity contribution is 1.00. The predicted molar refractivity (Wildman–Crippen MR) is 64.6 cm³/mol. The molecule has 0 aliphatic rings. The first-order valence-corrected chi connectivity index (χ1v) is 5.58. The van der Waals surface area contributed by atoms with Crippen LogP contribution >= 0.6 is 27.5 Å². The van der Waals surface area contributed by atoms with Crippen molar-refractivity contribution in [2.75, 3.05) is 0 Å². The van der Waals surface area contributed by atoms with Crippen LogP contribution in [0, 0.1) is 0 Å². The highest BCUT2D eigenvalue weighted by Gasteiger charge is 2.07. The summed E-state index contributed by atoms with van der Waals surface area (Å²) in [7, 11) is 0. The van der Waals surface area contributed by atoms with Gasteiger partial charge in [-0.15, -0.1) is 0 Å². The fraction of sp³-hybridized carbons (Fsp3) is 0.100. The molecular weight excluding hydrogens is 277 g/mol. The molecule has 3 nitrogen and oxygen atoms in total. The highest BCUT2D eigenvalue weighted by Crippen LogP contribution is 2.22. The monoisotopic (exact) mass is 285 g/mol. The van der Waals surface area contributed by atoms with Crippen molar-refractivity contribution < 1.29 is 0 Å². The summed E-state index contributed by atoms with van der Waals surface area (Å²) in [5, 5.41) is 0.712. The van der Waals surface area contributed by atoms with Gasteiger partial charge in [0.15, 0.2) is 0 Å². The quantitative estimate of drug-likeness (QED) is 0.892. The first-order valence-electron chi connectivity index (χ1n) is 4.41. The molecule has 0 saturated heterocycles. The van der Waals surface area contributed by atoms with Gasteiger partial charge < -0.3 is 10.7 Å². The second-order valence-electron chi connectivity index (χ2n) is 3.07. The van der Waals surface area contributed by atoms with Crippen LogP contribution in [0.2, 0.25) is 5.02 Å². The Morgan fingerprint density at radius 1 is 1.33 bits per heavy atom. The van der Waals surface area contributed by atoms with Gasteiger partial charge in [0.25, 0.3) is 0 Å². The van der Waals surface area contributed by atoms with Crippen molar-refractivity contribution in [1.82, 2.24) is 9.97 Å². The largest absolute Gasteiger partial charge is 0.340 e. The molecule has 78 valence electrons. The molecule has 0 spiro atoms. The van der Waals surface area contributed by atoms with Gasteiger partial charge in [-0.2, -0.15) is 0 Å². The van der Waals surface area contributed by atoms with Crippen molar-refractivity contribution in [3.8, 4) is 11.4 Å². The number of halogens is 2. The highest BCUT2D eigenvalue weighted by molar-refractivity contribution is 9.10. The lowest BCUT2D eigenvalue weighted by Gasteiger charge is -1.96. The van der Waals surface area contributed by atoms with Gasteiger partial charge in [0.05, 0.1) is 5.69 Å². The van der Waals surface area contributed by atoms with Crippen LogP contribution in [0.1, 0.15) is 5.69 Å². The summed E-state index contributed by atoms with van der Waals surface area (Å²) in [5.74, 6) is 0.791. The van der Waals surface area contributed by atoms with Crippen molar-refractivity contribution in [3.05, 3.63) is 39.6 Å². The molecule has 0 aliphatic heterocycles. The normalized spacial score (nSPS) is 10.6. The molecular formula is C10H9BrClN3. The van der Waals surface area contributed by atoms with Gasteiger partial charge in [-0.25, -0.2) is 4.98 Å². The average Bonchev–Trinajstić information content (AvgIpc) is 2.61. The Balaban J connectivity index is 2.41. The standard InChI is InChI=1S/C10H9BrClN3/c11-9-8(5-13)14-10(15-9)6-1-3-7(12)4-2-6/h1-4H,5,13H2,(H,14,15). The van der Waals surface area contributed by atoms with E-state index in [4.69, 9.17) is 17.3 Å². The summed E-state index contributed by atoms with van der Waals surface area (Å²) in [6, 6.07) is 7.48. The molecule has 15 heavy (non-hydrogen) atoms. The Morgan fingerprint density at radius 2 is 2.00 bits per heavy atom. The Bertz CT molecular complexity index is 464. The van der Waals surface area contributed by atoms with E-state index in [9.17, 15) is 0 Å². The van der Waals surface area contributed by atoms with Crippen molar-refractivity contribution >= 4 is 27.5 Å². The van der Waals surface area contributed by atoms with Crippen LogP contribution in [-0.2, 0) is 6.54 Å². The molecule has 0 fully saturated rings. The van der Waals surface area contributed by atoms with Crippen LogP contribution < -0.4 is 5.73 Å². The maximum Gasteiger partial charge on any atom is 0.138 e. The Morgan fingerprint density at radius 3 is 2.53 bits per heavy atom. The second kappa shape index (κ2) is 4.35. The number of nitrogens with one attached hydrogen (secondary N) is 1. The fourth-order valence-electron chi connectivity index (χ4n) is 1.27. The van der Waals surface area contributed by atoms with Crippen molar-refractivity contribution in [3.63, 3.8) is 0 Å². The molecule has 2 aromatic rings. The Kier molecular flexibility index (Phi) is 3.09. The number of hydrogen-bond acceptors (Lipinski definition) is 2. The van der Waals surface area contributed by atoms with Gasteiger partial charge in [0, 0.05) is 17.1 Å². The lowest BCUT2D eigenvalue weighted by atomic mass is 10.2. The number of benzene rings is 1. The smallest absolute Gasteiger partial charge is 0.138 e. The minimum Gasteiger partial charge on any atom is -0.340 e. The van der Waals surface area contributed by atoms with Gasteiger partial charge >= 0.3 is 0 Å². The number of aromatic nitrogens is 2. The maximum atomic E-state index is 5.80. The third-order valence-electron chi connectivity index (χ3n) is 2.05. The van der Waals surface area contributed by atoms with E-state index in [2.05, 4.69) is 25.9 Å². The van der Waals surface area contributed by atoms with Gasteiger partial charge in [0.2, 0.25) is 0 Å². The summed E-state index contributed by atoms with van der Waals surface area (Å²) in [5.41, 5.74) is 7.42. The van der Waals surface area contributed by atoms with E-state index in [1.165, 1.54) is 0 Å². The molecule has 0 amide bonds. The molecule has 1 heterocycles. The van der Waals surface area contributed by atoms with E-state index in [0.717, 1.165) is 21.7 Å². The van der Waals surface area contributed by atoms with Crippen LogP contribution in [0.5, 0.6) is 0 Å². The minimum atomic E-state index is 0.432. The minimum absolute atomic E-state index is 0.432. The predicted octanol–water partition coefficient (Wildman–Crippen LogP) is 2.95. The van der Waals surface area contributed by atoms with Gasteiger partial charge in [0.1, 0.15) is 10.4 Å². The molecule has 5 heteroatoms. The van der Waals surface area contributed by atoms with Crippen molar-refractivity contribution in [2.24, 2.45) is 5.73 Å². The molecule has 2 rings (SSSR count). The van der Waals surface area contributed by atoms with Crippen LogP contribution in [0.4, 0.5) is 0 Å². The third-order valence-corrected chi connectivity index (χ3v) is 2.96. The molecule has 0 unspecified atom stereocenters. The first kappa shape index (κ1) is 10.7. The van der Waals surface area contributed by atoms with Gasteiger partial charge in [-0.3, -0.25) is 0 Å². The zero-order valence-corrected chi connectivity index (χ0v) is 10.1. The number of hydrogen-bond donors (Lipinski definition) is 2. The van der Waals surface area contributed by atoms with Crippen LogP contribution in [-0.4, -0.2) is 9.97 Å². The van der Waals surface area contributed by atoms with Crippen LogP contribution in [0.15, 0.2) is 28.9 Å². The zero-order chi connectivity index (χ0) is 10.8. The third kappa shape index (κ3) is 2.22. The molecule has 0 aliphatic carbocycles. The van der Waals surface area contributed by atoms with Crippen molar-refractivity contribution in [1.29, 1.82) is 0 Å². The van der Waals surface area contributed by atoms with E-state index < -0.39 is 0 Å². The molecule has 1 aromatic heterocycles. The van der Waals surface area contributed by atoms with Gasteiger partial charge in [-0.1, -0.05) is 11.6 Å². The molecule has 1 aromatic carbocycles. The average molecular weight is 287 g/mol. The summed E-state index contributed by atoms with van der Waals surface area (Å²) >= 11 is 9.14. The zero-order valence-electron chi connectivity index (χ0n) is 7.80. The summed E-state index contributed by atoms with van der Waals surface area (Å²) in [4.78, 5) is 7.46.